The minimum atomic E-state index is -0.888. The van der Waals surface area contributed by atoms with Crippen molar-refractivity contribution in [3.8, 4) is 0 Å². The van der Waals surface area contributed by atoms with Gasteiger partial charge in [-0.25, -0.2) is 0 Å². The summed E-state index contributed by atoms with van der Waals surface area (Å²) in [6.45, 7) is 5.79. The van der Waals surface area contributed by atoms with Crippen molar-refractivity contribution in [1.82, 2.24) is 0 Å². The van der Waals surface area contributed by atoms with Crippen LogP contribution in [0.2, 0.25) is 0 Å². The lowest BCUT2D eigenvalue weighted by Gasteiger charge is -2.10. The predicted octanol–water partition coefficient (Wildman–Crippen LogP) is 2.68. The average Bonchev–Trinajstić information content (AvgIpc) is 2.20. The first-order valence-electron chi connectivity index (χ1n) is 5.35. The fourth-order valence-electron chi connectivity index (χ4n) is 1.16. The minimum Gasteiger partial charge on any atom is -0.481 e. The number of aliphatic hydroxyl groups excluding tert-OH is 1. The van der Waals surface area contributed by atoms with Crippen LogP contribution in [0, 0.1) is 0 Å². The van der Waals surface area contributed by atoms with Gasteiger partial charge in [0.2, 0.25) is 0 Å². The minimum absolute atomic E-state index is 0.0229. The number of allylic oxidation sites excluding steroid dienone is 4. The van der Waals surface area contributed by atoms with Crippen molar-refractivity contribution in [1.29, 1.82) is 0 Å². The molecule has 0 aromatic rings. The van der Waals surface area contributed by atoms with Gasteiger partial charge in [0.15, 0.2) is 0 Å². The lowest BCUT2D eigenvalue weighted by molar-refractivity contribution is -0.137. The summed E-state index contributed by atoms with van der Waals surface area (Å²) in [5.74, 6) is -0.888. The van der Waals surface area contributed by atoms with Crippen LogP contribution in [0.4, 0.5) is 0 Å². The van der Waals surface area contributed by atoms with E-state index < -0.39 is 12.1 Å². The van der Waals surface area contributed by atoms with Gasteiger partial charge in [-0.15, -0.1) is 0 Å². The standard InChI is InChI=1S/C13H20O3/c1-4-5-11(7-6-10(2)3)12(14)8-9-13(15)16/h4-7,12,14H,8-9H2,1-3H3,(H,15,16)/b5-4-,11-7+. The number of carbonyl (C=O) groups is 1. The molecule has 0 aromatic carbocycles. The van der Waals surface area contributed by atoms with Gasteiger partial charge >= 0.3 is 5.97 Å². The van der Waals surface area contributed by atoms with Gasteiger partial charge in [0.05, 0.1) is 6.10 Å². The summed E-state index contributed by atoms with van der Waals surface area (Å²) in [6, 6.07) is 0. The van der Waals surface area contributed by atoms with Crippen molar-refractivity contribution in [2.24, 2.45) is 0 Å². The Kier molecular flexibility index (Phi) is 7.21. The number of hydrogen-bond acceptors (Lipinski definition) is 2. The van der Waals surface area contributed by atoms with Gasteiger partial charge in [-0.3, -0.25) is 4.79 Å². The summed E-state index contributed by atoms with van der Waals surface area (Å²) < 4.78 is 0. The zero-order chi connectivity index (χ0) is 12.6. The van der Waals surface area contributed by atoms with Crippen molar-refractivity contribution >= 4 is 5.97 Å². The molecule has 90 valence electrons. The average molecular weight is 224 g/mol. The highest BCUT2D eigenvalue weighted by molar-refractivity contribution is 5.66. The zero-order valence-corrected chi connectivity index (χ0v) is 10.1. The Morgan fingerprint density at radius 3 is 2.38 bits per heavy atom. The fraction of sp³-hybridized carbons (Fsp3) is 0.462. The van der Waals surface area contributed by atoms with Crippen molar-refractivity contribution in [2.45, 2.75) is 39.7 Å². The Balaban J connectivity index is 4.58. The van der Waals surface area contributed by atoms with E-state index in [2.05, 4.69) is 0 Å². The third-order valence-corrected chi connectivity index (χ3v) is 1.98. The van der Waals surface area contributed by atoms with E-state index in [1.807, 2.05) is 39.0 Å². The molecule has 1 unspecified atom stereocenters. The van der Waals surface area contributed by atoms with Gasteiger partial charge in [-0.05, 0) is 32.8 Å². The number of aliphatic carboxylic acids is 1. The summed E-state index contributed by atoms with van der Waals surface area (Å²) >= 11 is 0. The molecule has 0 bridgehead atoms. The third kappa shape index (κ3) is 7.01. The maximum Gasteiger partial charge on any atom is 0.303 e. The van der Waals surface area contributed by atoms with Gasteiger partial charge in [-0.1, -0.05) is 29.9 Å². The van der Waals surface area contributed by atoms with E-state index in [0.29, 0.717) is 0 Å². The van der Waals surface area contributed by atoms with Gasteiger partial charge in [0.25, 0.3) is 0 Å². The van der Waals surface area contributed by atoms with E-state index in [1.165, 1.54) is 0 Å². The first-order chi connectivity index (χ1) is 7.47. The van der Waals surface area contributed by atoms with Crippen LogP contribution in [0.3, 0.4) is 0 Å². The summed E-state index contributed by atoms with van der Waals surface area (Å²) in [6.07, 6.45) is 6.84. The molecule has 16 heavy (non-hydrogen) atoms. The molecule has 0 aromatic heterocycles. The van der Waals surface area contributed by atoms with E-state index in [4.69, 9.17) is 5.11 Å². The fourth-order valence-corrected chi connectivity index (χ4v) is 1.16. The number of hydrogen-bond donors (Lipinski definition) is 2. The van der Waals surface area contributed by atoms with Crippen LogP contribution < -0.4 is 0 Å². The zero-order valence-electron chi connectivity index (χ0n) is 10.1. The Hall–Kier alpha value is -1.35. The van der Waals surface area contributed by atoms with Crippen LogP contribution >= 0.6 is 0 Å². The second-order valence-electron chi connectivity index (χ2n) is 3.86. The molecule has 0 fully saturated rings. The highest BCUT2D eigenvalue weighted by atomic mass is 16.4. The molecule has 3 nitrogen and oxygen atoms in total. The van der Waals surface area contributed by atoms with Crippen molar-refractivity contribution in [3.63, 3.8) is 0 Å². The molecule has 0 saturated heterocycles. The molecule has 0 heterocycles. The number of rotatable bonds is 6. The summed E-state index contributed by atoms with van der Waals surface area (Å²) in [4.78, 5) is 10.4. The normalized spacial score (nSPS) is 13.9. The first kappa shape index (κ1) is 14.6. The molecular formula is C13H20O3. The molecule has 3 heteroatoms. The summed E-state index contributed by atoms with van der Waals surface area (Å²) in [5.41, 5.74) is 1.87. The van der Waals surface area contributed by atoms with Crippen molar-refractivity contribution < 1.29 is 15.0 Å². The molecule has 2 N–H and O–H groups in total. The number of carboxylic acid groups (broad SMARTS) is 1. The number of aliphatic hydroxyl groups is 1. The van der Waals surface area contributed by atoms with Gasteiger partial charge in [0.1, 0.15) is 0 Å². The van der Waals surface area contributed by atoms with Crippen LogP contribution in [0.5, 0.6) is 0 Å². The topological polar surface area (TPSA) is 57.5 Å². The summed E-state index contributed by atoms with van der Waals surface area (Å²) in [7, 11) is 0. The van der Waals surface area contributed by atoms with Crippen LogP contribution in [0.1, 0.15) is 33.6 Å². The van der Waals surface area contributed by atoms with Gasteiger partial charge in [-0.2, -0.15) is 0 Å². The monoisotopic (exact) mass is 224 g/mol. The maximum atomic E-state index is 10.4. The Morgan fingerprint density at radius 1 is 1.31 bits per heavy atom. The Labute approximate surface area is 96.8 Å². The highest BCUT2D eigenvalue weighted by Crippen LogP contribution is 2.11. The molecule has 0 saturated carbocycles. The molecule has 0 spiro atoms. The van der Waals surface area contributed by atoms with Crippen LogP contribution in [0.25, 0.3) is 0 Å². The molecule has 0 aliphatic heterocycles. The van der Waals surface area contributed by atoms with Crippen LogP contribution in [-0.4, -0.2) is 22.3 Å². The van der Waals surface area contributed by atoms with Gasteiger partial charge < -0.3 is 10.2 Å². The van der Waals surface area contributed by atoms with E-state index in [9.17, 15) is 9.90 Å². The molecule has 0 aliphatic rings. The number of carboxylic acids is 1. The third-order valence-electron chi connectivity index (χ3n) is 1.98. The second-order valence-corrected chi connectivity index (χ2v) is 3.86. The van der Waals surface area contributed by atoms with Gasteiger partial charge in [0, 0.05) is 6.42 Å². The largest absolute Gasteiger partial charge is 0.481 e. The van der Waals surface area contributed by atoms with Crippen LogP contribution in [-0.2, 0) is 4.79 Å². The lowest BCUT2D eigenvalue weighted by atomic mass is 10.0. The molecule has 1 atom stereocenters. The second kappa shape index (κ2) is 7.88. The first-order valence-corrected chi connectivity index (χ1v) is 5.35. The Bertz CT molecular complexity index is 307. The molecule has 0 radical (unpaired) electrons. The van der Waals surface area contributed by atoms with E-state index >= 15 is 0 Å². The molecule has 0 rings (SSSR count). The smallest absolute Gasteiger partial charge is 0.303 e. The molecular weight excluding hydrogens is 204 g/mol. The van der Waals surface area contributed by atoms with E-state index in [-0.39, 0.29) is 12.8 Å². The van der Waals surface area contributed by atoms with Crippen LogP contribution in [0.15, 0.2) is 35.5 Å². The maximum absolute atomic E-state index is 10.4. The van der Waals surface area contributed by atoms with Crippen molar-refractivity contribution in [2.75, 3.05) is 0 Å². The predicted molar refractivity (Wildman–Crippen MR) is 65.2 cm³/mol. The van der Waals surface area contributed by atoms with Crippen molar-refractivity contribution in [3.05, 3.63) is 35.5 Å². The van der Waals surface area contributed by atoms with E-state index in [1.54, 1.807) is 6.08 Å². The van der Waals surface area contributed by atoms with E-state index in [0.717, 1.165) is 11.1 Å². The highest BCUT2D eigenvalue weighted by Gasteiger charge is 2.09. The lowest BCUT2D eigenvalue weighted by Crippen LogP contribution is -2.11. The molecule has 0 aliphatic carbocycles. The quantitative estimate of drug-likeness (QED) is 0.682. The Morgan fingerprint density at radius 2 is 1.94 bits per heavy atom. The SMILES string of the molecule is C/C=C\C(=C/C=C(C)C)C(O)CCC(=O)O. The molecule has 0 amide bonds. The summed E-state index contributed by atoms with van der Waals surface area (Å²) in [5, 5.41) is 18.3.